The second-order valence-electron chi connectivity index (χ2n) is 7.70. The van der Waals surface area contributed by atoms with E-state index in [1.54, 1.807) is 12.1 Å². The van der Waals surface area contributed by atoms with Crippen molar-refractivity contribution < 1.29 is 4.79 Å². The molecule has 2 aromatic heterocycles. The molecule has 4 heterocycles. The van der Waals surface area contributed by atoms with Gasteiger partial charge in [0.15, 0.2) is 0 Å². The van der Waals surface area contributed by atoms with Gasteiger partial charge < -0.3 is 9.80 Å². The Hall–Kier alpha value is -1.89. The molecule has 1 amide bonds. The molecule has 8 heteroatoms. The van der Waals surface area contributed by atoms with Gasteiger partial charge in [-0.05, 0) is 43.0 Å². The van der Waals surface area contributed by atoms with Crippen LogP contribution in [0, 0.1) is 5.92 Å². The summed E-state index contributed by atoms with van der Waals surface area (Å²) in [7, 11) is 0. The third-order valence-electron chi connectivity index (χ3n) is 5.68. The predicted octanol–water partition coefficient (Wildman–Crippen LogP) is 3.46. The van der Waals surface area contributed by atoms with Crippen molar-refractivity contribution in [3.8, 4) is 0 Å². The molecular weight excluding hydrogens is 409 g/mol. The number of halogens is 2. The fourth-order valence-corrected chi connectivity index (χ4v) is 4.52. The molecule has 1 unspecified atom stereocenters. The summed E-state index contributed by atoms with van der Waals surface area (Å²) in [5.41, 5.74) is 0.254. The minimum absolute atomic E-state index is 0.123. The number of hydrogen-bond acceptors (Lipinski definition) is 5. The van der Waals surface area contributed by atoms with Gasteiger partial charge in [-0.3, -0.25) is 9.69 Å². The highest BCUT2D eigenvalue weighted by atomic mass is 35.5. The van der Waals surface area contributed by atoms with Crippen LogP contribution in [0.1, 0.15) is 23.3 Å². The smallest absolute Gasteiger partial charge is 0.274 e. The minimum Gasteiger partial charge on any atom is -0.354 e. The molecule has 2 fully saturated rings. The van der Waals surface area contributed by atoms with Gasteiger partial charge in [0.1, 0.15) is 16.7 Å². The lowest BCUT2D eigenvalue weighted by atomic mass is 9.96. The maximum Gasteiger partial charge on any atom is 0.274 e. The Labute approximate surface area is 181 Å². The van der Waals surface area contributed by atoms with Crippen molar-refractivity contribution >= 4 is 34.9 Å². The van der Waals surface area contributed by atoms with Crippen LogP contribution in [0.5, 0.6) is 0 Å². The van der Waals surface area contributed by atoms with Crippen LogP contribution in [0.4, 0.5) is 5.82 Å². The first-order valence-corrected chi connectivity index (χ1v) is 10.9. The molecule has 154 valence electrons. The Bertz CT molecular complexity index is 842. The Morgan fingerprint density at radius 3 is 2.66 bits per heavy atom. The number of pyridine rings is 2. The summed E-state index contributed by atoms with van der Waals surface area (Å²) >= 11 is 12.1. The Balaban J connectivity index is 1.31. The lowest BCUT2D eigenvalue weighted by Gasteiger charge is -2.39. The number of rotatable bonds is 4. The topological polar surface area (TPSA) is 52.6 Å². The lowest BCUT2D eigenvalue weighted by molar-refractivity contribution is 0.0631. The number of anilines is 1. The molecule has 2 saturated heterocycles. The lowest BCUT2D eigenvalue weighted by Crippen LogP contribution is -2.50. The van der Waals surface area contributed by atoms with E-state index in [9.17, 15) is 4.79 Å². The van der Waals surface area contributed by atoms with E-state index in [1.807, 2.05) is 23.2 Å². The van der Waals surface area contributed by atoms with Crippen LogP contribution < -0.4 is 4.90 Å². The summed E-state index contributed by atoms with van der Waals surface area (Å²) in [5.74, 6) is 1.39. The average Bonchev–Trinajstić information content (AvgIpc) is 2.76. The number of aromatic nitrogens is 2. The Morgan fingerprint density at radius 2 is 1.90 bits per heavy atom. The molecule has 0 saturated carbocycles. The zero-order chi connectivity index (χ0) is 20.2. The number of hydrogen-bond donors (Lipinski definition) is 0. The van der Waals surface area contributed by atoms with Gasteiger partial charge in [0.05, 0.1) is 5.02 Å². The van der Waals surface area contributed by atoms with E-state index in [0.29, 0.717) is 10.9 Å². The molecule has 0 aromatic carbocycles. The van der Waals surface area contributed by atoms with Crippen LogP contribution in [0.3, 0.4) is 0 Å². The first kappa shape index (κ1) is 20.4. The van der Waals surface area contributed by atoms with Gasteiger partial charge in [0.2, 0.25) is 0 Å². The van der Waals surface area contributed by atoms with Gasteiger partial charge in [-0.15, -0.1) is 0 Å². The third kappa shape index (κ3) is 5.00. The number of nitrogens with zero attached hydrogens (tertiary/aromatic N) is 5. The quantitative estimate of drug-likeness (QED) is 0.690. The van der Waals surface area contributed by atoms with Gasteiger partial charge in [-0.25, -0.2) is 9.97 Å². The highest BCUT2D eigenvalue weighted by Crippen LogP contribution is 2.24. The van der Waals surface area contributed by atoms with Gasteiger partial charge in [-0.1, -0.05) is 29.3 Å². The van der Waals surface area contributed by atoms with E-state index >= 15 is 0 Å². The van der Waals surface area contributed by atoms with E-state index in [0.717, 1.165) is 64.5 Å². The molecular formula is C21H25Cl2N5O. The fraction of sp³-hybridized carbons (Fsp3) is 0.476. The molecule has 0 aliphatic carbocycles. The van der Waals surface area contributed by atoms with Crippen molar-refractivity contribution in [3.63, 3.8) is 0 Å². The Kier molecular flexibility index (Phi) is 6.53. The summed E-state index contributed by atoms with van der Waals surface area (Å²) in [6.07, 6.45) is 3.99. The largest absolute Gasteiger partial charge is 0.354 e. The van der Waals surface area contributed by atoms with E-state index in [-0.39, 0.29) is 16.8 Å². The van der Waals surface area contributed by atoms with E-state index in [4.69, 9.17) is 23.2 Å². The number of carbonyl (C=O) groups is 1. The van der Waals surface area contributed by atoms with E-state index in [2.05, 4.69) is 25.8 Å². The summed E-state index contributed by atoms with van der Waals surface area (Å²) in [4.78, 5) is 28.2. The summed E-state index contributed by atoms with van der Waals surface area (Å²) in [6, 6.07) is 9.28. The van der Waals surface area contributed by atoms with Crippen molar-refractivity contribution in [3.05, 3.63) is 52.4 Å². The van der Waals surface area contributed by atoms with Crippen LogP contribution in [-0.4, -0.2) is 71.5 Å². The minimum atomic E-state index is -0.123. The Morgan fingerprint density at radius 1 is 1.07 bits per heavy atom. The van der Waals surface area contributed by atoms with Crippen LogP contribution in [0.2, 0.25) is 10.2 Å². The summed E-state index contributed by atoms with van der Waals surface area (Å²) in [6.45, 7) is 6.49. The number of likely N-dealkylation sites (tertiary alicyclic amines) is 1. The molecule has 2 aromatic rings. The summed E-state index contributed by atoms with van der Waals surface area (Å²) in [5, 5.41) is 0.643. The van der Waals surface area contributed by atoms with E-state index in [1.165, 1.54) is 0 Å². The zero-order valence-corrected chi connectivity index (χ0v) is 17.8. The number of piperazine rings is 1. The van der Waals surface area contributed by atoms with Crippen LogP contribution in [0.25, 0.3) is 0 Å². The molecule has 0 bridgehead atoms. The molecule has 1 atom stereocenters. The fourth-order valence-electron chi connectivity index (χ4n) is 4.18. The normalized spacial score (nSPS) is 20.7. The highest BCUT2D eigenvalue weighted by Gasteiger charge is 2.29. The predicted molar refractivity (Wildman–Crippen MR) is 116 cm³/mol. The second-order valence-corrected chi connectivity index (χ2v) is 8.49. The van der Waals surface area contributed by atoms with Gasteiger partial charge in [-0.2, -0.15) is 0 Å². The molecule has 6 nitrogen and oxygen atoms in total. The first-order valence-electron chi connectivity index (χ1n) is 10.1. The average molecular weight is 434 g/mol. The van der Waals surface area contributed by atoms with Crippen LogP contribution in [0.15, 0.2) is 36.5 Å². The zero-order valence-electron chi connectivity index (χ0n) is 16.3. The van der Waals surface area contributed by atoms with Gasteiger partial charge in [0.25, 0.3) is 5.91 Å². The van der Waals surface area contributed by atoms with Crippen molar-refractivity contribution in [2.45, 2.75) is 12.8 Å². The molecule has 0 spiro atoms. The van der Waals surface area contributed by atoms with Gasteiger partial charge >= 0.3 is 0 Å². The molecule has 4 rings (SSSR count). The van der Waals surface area contributed by atoms with Crippen molar-refractivity contribution in [2.75, 3.05) is 50.7 Å². The number of amides is 1. The second kappa shape index (κ2) is 9.28. The molecule has 2 aliphatic heterocycles. The summed E-state index contributed by atoms with van der Waals surface area (Å²) < 4.78 is 0. The van der Waals surface area contributed by atoms with Crippen molar-refractivity contribution in [1.82, 2.24) is 19.8 Å². The molecule has 0 radical (unpaired) electrons. The standard InChI is InChI=1S/C21H25Cl2N5O/c22-17-6-7-18(23)25-20(17)21(29)28-9-3-4-16(15-28)14-26-10-12-27(13-11-26)19-5-1-2-8-24-19/h1-2,5-8,16H,3-4,9-15H2. The number of piperidine rings is 1. The highest BCUT2D eigenvalue weighted by molar-refractivity contribution is 6.34. The van der Waals surface area contributed by atoms with Crippen molar-refractivity contribution in [1.29, 1.82) is 0 Å². The third-order valence-corrected chi connectivity index (χ3v) is 6.20. The van der Waals surface area contributed by atoms with E-state index < -0.39 is 0 Å². The van der Waals surface area contributed by atoms with Crippen LogP contribution in [-0.2, 0) is 0 Å². The maximum atomic E-state index is 12.9. The molecule has 29 heavy (non-hydrogen) atoms. The first-order chi connectivity index (χ1) is 14.1. The monoisotopic (exact) mass is 433 g/mol. The van der Waals surface area contributed by atoms with Crippen molar-refractivity contribution in [2.24, 2.45) is 5.92 Å². The maximum absolute atomic E-state index is 12.9. The molecule has 0 N–H and O–H groups in total. The van der Waals surface area contributed by atoms with Gasteiger partial charge in [0, 0.05) is 52.0 Å². The SMILES string of the molecule is O=C(c1nc(Cl)ccc1Cl)N1CCCC(CN2CCN(c3ccccn3)CC2)C1. The number of carbonyl (C=O) groups excluding carboxylic acids is 1. The molecule has 2 aliphatic rings. The van der Waals surface area contributed by atoms with Crippen LogP contribution >= 0.6 is 23.2 Å².